The molecule has 0 aliphatic rings. The van der Waals surface area contributed by atoms with Gasteiger partial charge in [0.05, 0.1) is 22.7 Å². The fourth-order valence-corrected chi connectivity index (χ4v) is 4.47. The number of aryl methyl sites for hydroxylation is 1. The Bertz CT molecular complexity index is 993. The molecule has 1 amide bonds. The highest BCUT2D eigenvalue weighted by Gasteiger charge is 2.23. The fourth-order valence-electron chi connectivity index (χ4n) is 2.76. The minimum atomic E-state index is -3.59. The number of para-hydroxylation sites is 1. The van der Waals surface area contributed by atoms with E-state index in [2.05, 4.69) is 10.6 Å². The zero-order valence-electron chi connectivity index (χ0n) is 16.2. The van der Waals surface area contributed by atoms with E-state index in [4.69, 9.17) is 5.26 Å². The molecule has 0 radical (unpaired) electrons. The lowest BCUT2D eigenvalue weighted by Crippen LogP contribution is -2.31. The number of benzene rings is 2. The van der Waals surface area contributed by atoms with Gasteiger partial charge in [-0.15, -0.1) is 0 Å². The highest BCUT2D eigenvalue weighted by molar-refractivity contribution is 7.89. The number of anilines is 2. The molecule has 0 heterocycles. The number of nitrogens with one attached hydrogen (secondary N) is 2. The molecule has 7 nitrogen and oxygen atoms in total. The first-order valence-corrected chi connectivity index (χ1v) is 10.4. The lowest BCUT2D eigenvalue weighted by molar-refractivity contribution is -0.114. The smallest absolute Gasteiger partial charge is 0.243 e. The van der Waals surface area contributed by atoms with Gasteiger partial charge in [0.15, 0.2) is 0 Å². The van der Waals surface area contributed by atoms with Crippen LogP contribution in [-0.4, -0.2) is 38.3 Å². The van der Waals surface area contributed by atoms with Gasteiger partial charge in [-0.3, -0.25) is 4.79 Å². The molecular weight excluding hydrogens is 376 g/mol. The second kappa shape index (κ2) is 9.35. The summed E-state index contributed by atoms with van der Waals surface area (Å²) in [5, 5.41) is 14.7. The Kier molecular flexibility index (Phi) is 7.15. The summed E-state index contributed by atoms with van der Waals surface area (Å²) in [4.78, 5) is 12.4. The van der Waals surface area contributed by atoms with Crippen molar-refractivity contribution in [1.29, 1.82) is 5.26 Å². The van der Waals surface area contributed by atoms with Crippen molar-refractivity contribution in [2.75, 3.05) is 30.3 Å². The Balaban J connectivity index is 2.13. The van der Waals surface area contributed by atoms with E-state index in [-0.39, 0.29) is 17.3 Å². The van der Waals surface area contributed by atoms with E-state index >= 15 is 0 Å². The van der Waals surface area contributed by atoms with Crippen LogP contribution in [0.4, 0.5) is 11.4 Å². The first kappa shape index (κ1) is 21.4. The molecule has 0 saturated heterocycles. The molecule has 0 unspecified atom stereocenters. The van der Waals surface area contributed by atoms with E-state index in [1.807, 2.05) is 6.07 Å². The van der Waals surface area contributed by atoms with Crippen LogP contribution in [0.1, 0.15) is 25.0 Å². The number of hydrogen-bond acceptors (Lipinski definition) is 5. The lowest BCUT2D eigenvalue weighted by Gasteiger charge is -2.20. The molecule has 8 heteroatoms. The van der Waals surface area contributed by atoms with E-state index in [0.29, 0.717) is 35.6 Å². The maximum absolute atomic E-state index is 12.8. The number of carbonyl (C=O) groups excluding carboxylic acids is 1. The van der Waals surface area contributed by atoms with Crippen molar-refractivity contribution in [3.63, 3.8) is 0 Å². The molecule has 148 valence electrons. The number of hydrogen-bond donors (Lipinski definition) is 2. The van der Waals surface area contributed by atoms with Crippen LogP contribution in [0.5, 0.6) is 0 Å². The third-order valence-electron chi connectivity index (χ3n) is 4.29. The minimum absolute atomic E-state index is 0.0619. The first-order valence-electron chi connectivity index (χ1n) is 8.97. The van der Waals surface area contributed by atoms with Crippen LogP contribution >= 0.6 is 0 Å². The monoisotopic (exact) mass is 400 g/mol. The standard InChI is InChI=1S/C20H24N4O3S/c1-4-24(5-2)28(26,27)19-12-17(11-10-15(19)3)22-14-20(25)23-18-9-7-6-8-16(18)13-21/h6-12,22H,4-5,14H2,1-3H3,(H,23,25). The van der Waals surface area contributed by atoms with Crippen molar-refractivity contribution in [3.05, 3.63) is 53.6 Å². The van der Waals surface area contributed by atoms with Gasteiger partial charge in [-0.1, -0.05) is 32.0 Å². The SMILES string of the molecule is CCN(CC)S(=O)(=O)c1cc(NCC(=O)Nc2ccccc2C#N)ccc1C. The summed E-state index contributed by atoms with van der Waals surface area (Å²) < 4.78 is 27.0. The molecule has 2 N–H and O–H groups in total. The van der Waals surface area contributed by atoms with Gasteiger partial charge in [-0.25, -0.2) is 8.42 Å². The molecule has 2 rings (SSSR count). The first-order chi connectivity index (χ1) is 13.3. The molecule has 0 atom stereocenters. The van der Waals surface area contributed by atoms with E-state index in [1.165, 1.54) is 4.31 Å². The van der Waals surface area contributed by atoms with Gasteiger partial charge >= 0.3 is 0 Å². The van der Waals surface area contributed by atoms with Crippen LogP contribution in [0.15, 0.2) is 47.4 Å². The zero-order valence-corrected chi connectivity index (χ0v) is 17.0. The summed E-state index contributed by atoms with van der Waals surface area (Å²) in [6, 6.07) is 13.7. The Morgan fingerprint density at radius 2 is 1.82 bits per heavy atom. The van der Waals surface area contributed by atoms with E-state index in [0.717, 1.165) is 0 Å². The van der Waals surface area contributed by atoms with Crippen molar-refractivity contribution in [2.24, 2.45) is 0 Å². The second-order valence-electron chi connectivity index (χ2n) is 6.13. The van der Waals surface area contributed by atoms with Crippen molar-refractivity contribution in [2.45, 2.75) is 25.7 Å². The van der Waals surface area contributed by atoms with Gasteiger partial charge in [-0.2, -0.15) is 9.57 Å². The Morgan fingerprint density at radius 3 is 2.46 bits per heavy atom. The summed E-state index contributed by atoms with van der Waals surface area (Å²) in [5.41, 5.74) is 1.98. The van der Waals surface area contributed by atoms with E-state index < -0.39 is 10.0 Å². The van der Waals surface area contributed by atoms with Crippen LogP contribution < -0.4 is 10.6 Å². The van der Waals surface area contributed by atoms with Crippen molar-refractivity contribution < 1.29 is 13.2 Å². The average Bonchev–Trinajstić information content (AvgIpc) is 2.68. The molecule has 0 aliphatic heterocycles. The Hall–Kier alpha value is -2.89. The molecule has 0 bridgehead atoms. The quantitative estimate of drug-likeness (QED) is 0.709. The number of carbonyl (C=O) groups is 1. The normalized spacial score (nSPS) is 11.1. The van der Waals surface area contributed by atoms with Crippen LogP contribution in [-0.2, 0) is 14.8 Å². The van der Waals surface area contributed by atoms with Crippen LogP contribution in [0.2, 0.25) is 0 Å². The number of rotatable bonds is 8. The van der Waals surface area contributed by atoms with Gasteiger partial charge in [0.1, 0.15) is 6.07 Å². The number of nitrogens with zero attached hydrogens (tertiary/aromatic N) is 2. The Morgan fingerprint density at radius 1 is 1.14 bits per heavy atom. The largest absolute Gasteiger partial charge is 0.376 e. The van der Waals surface area contributed by atoms with Gasteiger partial charge in [0.2, 0.25) is 15.9 Å². The van der Waals surface area contributed by atoms with Crippen molar-refractivity contribution in [3.8, 4) is 6.07 Å². The van der Waals surface area contributed by atoms with Gasteiger partial charge in [0, 0.05) is 18.8 Å². The highest BCUT2D eigenvalue weighted by atomic mass is 32.2. The molecule has 0 aromatic heterocycles. The summed E-state index contributed by atoms with van der Waals surface area (Å²) in [6.07, 6.45) is 0. The number of nitriles is 1. The molecular formula is C20H24N4O3S. The minimum Gasteiger partial charge on any atom is -0.376 e. The molecule has 2 aromatic carbocycles. The molecule has 28 heavy (non-hydrogen) atoms. The van der Waals surface area contributed by atoms with Gasteiger partial charge in [-0.05, 0) is 36.8 Å². The predicted octanol–water partition coefficient (Wildman–Crippen LogP) is 2.95. The summed E-state index contributed by atoms with van der Waals surface area (Å²) in [6.45, 7) is 6.04. The maximum Gasteiger partial charge on any atom is 0.243 e. The topological polar surface area (TPSA) is 102 Å². The van der Waals surface area contributed by atoms with Crippen LogP contribution in [0, 0.1) is 18.3 Å². The third-order valence-corrected chi connectivity index (χ3v) is 6.48. The van der Waals surface area contributed by atoms with E-state index in [1.54, 1.807) is 63.2 Å². The number of sulfonamides is 1. The van der Waals surface area contributed by atoms with E-state index in [9.17, 15) is 13.2 Å². The predicted molar refractivity (Wildman–Crippen MR) is 110 cm³/mol. The third kappa shape index (κ3) is 4.88. The molecule has 0 fully saturated rings. The molecule has 0 spiro atoms. The van der Waals surface area contributed by atoms with Crippen LogP contribution in [0.3, 0.4) is 0 Å². The molecule has 0 saturated carbocycles. The molecule has 2 aromatic rings. The lowest BCUT2D eigenvalue weighted by atomic mass is 10.2. The maximum atomic E-state index is 12.8. The van der Waals surface area contributed by atoms with Crippen molar-refractivity contribution >= 4 is 27.3 Å². The summed E-state index contributed by atoms with van der Waals surface area (Å²) in [5.74, 6) is -0.337. The van der Waals surface area contributed by atoms with Gasteiger partial charge < -0.3 is 10.6 Å². The van der Waals surface area contributed by atoms with Crippen molar-refractivity contribution in [1.82, 2.24) is 4.31 Å². The fraction of sp³-hybridized carbons (Fsp3) is 0.300. The second-order valence-corrected chi connectivity index (χ2v) is 8.04. The summed E-state index contributed by atoms with van der Waals surface area (Å²) in [7, 11) is -3.59. The zero-order chi connectivity index (χ0) is 20.7. The Labute approximate surface area is 166 Å². The highest BCUT2D eigenvalue weighted by Crippen LogP contribution is 2.23. The van der Waals surface area contributed by atoms with Gasteiger partial charge in [0.25, 0.3) is 0 Å². The average molecular weight is 401 g/mol. The van der Waals surface area contributed by atoms with Crippen LogP contribution in [0.25, 0.3) is 0 Å². The molecule has 0 aliphatic carbocycles. The number of amides is 1. The summed E-state index contributed by atoms with van der Waals surface area (Å²) >= 11 is 0.